The monoisotopic (exact) mass is 264 g/mol. The van der Waals surface area contributed by atoms with E-state index in [-0.39, 0.29) is 0 Å². The van der Waals surface area contributed by atoms with Crippen LogP contribution in [0.5, 0.6) is 0 Å². The molecule has 0 aromatic carbocycles. The second-order valence-corrected chi connectivity index (χ2v) is 6.80. The Bertz CT molecular complexity index is 405. The van der Waals surface area contributed by atoms with Crippen LogP contribution in [0.3, 0.4) is 0 Å². The van der Waals surface area contributed by atoms with Crippen LogP contribution in [0.1, 0.15) is 39.8 Å². The summed E-state index contributed by atoms with van der Waals surface area (Å²) < 4.78 is 1.89. The first-order valence-corrected chi connectivity index (χ1v) is 7.36. The molecule has 0 saturated carbocycles. The molecule has 108 valence electrons. The van der Waals surface area contributed by atoms with Crippen LogP contribution in [0, 0.1) is 5.41 Å². The summed E-state index contributed by atoms with van der Waals surface area (Å²) in [5.74, 6) is 0. The smallest absolute Gasteiger partial charge is 0.0764 e. The maximum atomic E-state index is 4.52. The Hall–Kier alpha value is -0.870. The van der Waals surface area contributed by atoms with Gasteiger partial charge in [0.25, 0.3) is 0 Å². The van der Waals surface area contributed by atoms with Gasteiger partial charge in [-0.1, -0.05) is 27.7 Å². The van der Waals surface area contributed by atoms with E-state index in [9.17, 15) is 0 Å². The number of piperazine rings is 1. The van der Waals surface area contributed by atoms with Crippen molar-refractivity contribution in [3.05, 3.63) is 18.0 Å². The molecule has 2 heterocycles. The molecule has 0 radical (unpaired) electrons. The minimum atomic E-state index is 0.307. The van der Waals surface area contributed by atoms with E-state index in [1.54, 1.807) is 0 Å². The Morgan fingerprint density at radius 1 is 1.42 bits per heavy atom. The van der Waals surface area contributed by atoms with Crippen LogP contribution in [0.15, 0.2) is 12.3 Å². The number of hydrogen-bond acceptors (Lipinski definition) is 3. The fourth-order valence-electron chi connectivity index (χ4n) is 2.79. The molecule has 2 rings (SSSR count). The molecule has 0 aliphatic carbocycles. The summed E-state index contributed by atoms with van der Waals surface area (Å²) in [7, 11) is 1.98. The minimum absolute atomic E-state index is 0.307. The average molecular weight is 264 g/mol. The third kappa shape index (κ3) is 3.57. The highest BCUT2D eigenvalue weighted by Crippen LogP contribution is 2.25. The maximum Gasteiger partial charge on any atom is 0.0764 e. The minimum Gasteiger partial charge on any atom is -0.311 e. The fourth-order valence-corrected chi connectivity index (χ4v) is 2.79. The Kier molecular flexibility index (Phi) is 4.31. The summed E-state index contributed by atoms with van der Waals surface area (Å²) in [4.78, 5) is 2.59. The van der Waals surface area contributed by atoms with Crippen molar-refractivity contribution in [2.75, 3.05) is 13.1 Å². The summed E-state index contributed by atoms with van der Waals surface area (Å²) in [5, 5.41) is 8.23. The first-order chi connectivity index (χ1) is 8.90. The zero-order valence-corrected chi connectivity index (χ0v) is 13.0. The zero-order chi connectivity index (χ0) is 14.0. The van der Waals surface area contributed by atoms with Gasteiger partial charge in [-0.2, -0.15) is 5.10 Å². The van der Waals surface area contributed by atoms with Gasteiger partial charge in [-0.05, 0) is 17.9 Å². The average Bonchev–Trinajstić information content (AvgIpc) is 2.73. The van der Waals surface area contributed by atoms with Crippen molar-refractivity contribution < 1.29 is 0 Å². The number of rotatable bonds is 3. The second kappa shape index (κ2) is 5.63. The van der Waals surface area contributed by atoms with Crippen LogP contribution < -0.4 is 5.32 Å². The molecule has 1 aliphatic rings. The van der Waals surface area contributed by atoms with E-state index >= 15 is 0 Å². The van der Waals surface area contributed by atoms with Gasteiger partial charge >= 0.3 is 0 Å². The fraction of sp³-hybridized carbons (Fsp3) is 0.800. The third-order valence-corrected chi connectivity index (χ3v) is 4.18. The molecule has 0 bridgehead atoms. The lowest BCUT2D eigenvalue weighted by Crippen LogP contribution is -2.59. The highest BCUT2D eigenvalue weighted by Gasteiger charge is 2.33. The molecule has 0 spiro atoms. The molecule has 2 unspecified atom stereocenters. The van der Waals surface area contributed by atoms with Gasteiger partial charge in [0, 0.05) is 45.0 Å². The number of aryl methyl sites for hydroxylation is 1. The highest BCUT2D eigenvalue weighted by molar-refractivity contribution is 5.01. The highest BCUT2D eigenvalue weighted by atomic mass is 15.3. The number of hydrogen-bond donors (Lipinski definition) is 1. The van der Waals surface area contributed by atoms with Crippen LogP contribution in [-0.2, 0) is 13.6 Å². The molecular formula is C15H28N4. The van der Waals surface area contributed by atoms with Crippen molar-refractivity contribution in [3.63, 3.8) is 0 Å². The van der Waals surface area contributed by atoms with E-state index in [2.05, 4.69) is 49.1 Å². The lowest BCUT2D eigenvalue weighted by atomic mass is 9.84. The van der Waals surface area contributed by atoms with E-state index in [0.29, 0.717) is 17.5 Å². The molecule has 1 aromatic rings. The van der Waals surface area contributed by atoms with Crippen LogP contribution in [-0.4, -0.2) is 39.9 Å². The van der Waals surface area contributed by atoms with Crippen LogP contribution in [0.4, 0.5) is 0 Å². The number of aromatic nitrogens is 2. The molecule has 19 heavy (non-hydrogen) atoms. The predicted octanol–water partition coefficient (Wildman–Crippen LogP) is 2.02. The van der Waals surface area contributed by atoms with Crippen LogP contribution in [0.2, 0.25) is 0 Å². The van der Waals surface area contributed by atoms with Gasteiger partial charge in [-0.3, -0.25) is 9.58 Å². The van der Waals surface area contributed by atoms with Crippen molar-refractivity contribution in [1.29, 1.82) is 0 Å². The van der Waals surface area contributed by atoms with Crippen molar-refractivity contribution in [2.24, 2.45) is 12.5 Å². The van der Waals surface area contributed by atoms with Gasteiger partial charge in [0.15, 0.2) is 0 Å². The summed E-state index contributed by atoms with van der Waals surface area (Å²) >= 11 is 0. The molecular weight excluding hydrogens is 236 g/mol. The zero-order valence-electron chi connectivity index (χ0n) is 13.0. The van der Waals surface area contributed by atoms with E-state index < -0.39 is 0 Å². The molecule has 2 atom stereocenters. The van der Waals surface area contributed by atoms with E-state index in [4.69, 9.17) is 0 Å². The first kappa shape index (κ1) is 14.5. The number of nitrogens with zero attached hydrogens (tertiary/aromatic N) is 3. The lowest BCUT2D eigenvalue weighted by molar-refractivity contribution is 0.0763. The molecule has 1 fully saturated rings. The summed E-state index contributed by atoms with van der Waals surface area (Å²) in [6, 6.07) is 3.31. The van der Waals surface area contributed by atoms with Gasteiger partial charge in [-0.25, -0.2) is 0 Å². The van der Waals surface area contributed by atoms with Crippen molar-refractivity contribution >= 4 is 0 Å². The Labute approximate surface area is 117 Å². The SMILES string of the molecule is CCC1CNC(C(C)(C)C)CN1Cc1ccn(C)n1. The molecule has 1 saturated heterocycles. The number of nitrogens with one attached hydrogen (secondary N) is 1. The normalized spacial score (nSPS) is 25.7. The van der Waals surface area contributed by atoms with Crippen LogP contribution >= 0.6 is 0 Å². The van der Waals surface area contributed by atoms with Gasteiger partial charge in [0.1, 0.15) is 0 Å². The molecule has 4 heteroatoms. The first-order valence-electron chi connectivity index (χ1n) is 7.36. The quantitative estimate of drug-likeness (QED) is 0.906. The predicted molar refractivity (Wildman–Crippen MR) is 78.9 cm³/mol. The summed E-state index contributed by atoms with van der Waals surface area (Å²) in [6.07, 6.45) is 3.22. The molecule has 4 nitrogen and oxygen atoms in total. The maximum absolute atomic E-state index is 4.52. The van der Waals surface area contributed by atoms with Gasteiger partial charge in [0.2, 0.25) is 0 Å². The molecule has 1 N–H and O–H groups in total. The molecule has 1 aliphatic heterocycles. The van der Waals surface area contributed by atoms with E-state index in [0.717, 1.165) is 19.6 Å². The Morgan fingerprint density at radius 3 is 2.68 bits per heavy atom. The Morgan fingerprint density at radius 2 is 2.16 bits per heavy atom. The molecule has 1 aromatic heterocycles. The van der Waals surface area contributed by atoms with Crippen LogP contribution in [0.25, 0.3) is 0 Å². The topological polar surface area (TPSA) is 33.1 Å². The van der Waals surface area contributed by atoms with E-state index in [1.165, 1.54) is 12.1 Å². The lowest BCUT2D eigenvalue weighted by Gasteiger charge is -2.44. The van der Waals surface area contributed by atoms with E-state index in [1.807, 2.05) is 17.9 Å². The van der Waals surface area contributed by atoms with Gasteiger partial charge in [-0.15, -0.1) is 0 Å². The largest absolute Gasteiger partial charge is 0.311 e. The summed E-state index contributed by atoms with van der Waals surface area (Å²) in [5.41, 5.74) is 1.48. The molecule has 0 amide bonds. The Balaban J connectivity index is 2.05. The summed E-state index contributed by atoms with van der Waals surface area (Å²) in [6.45, 7) is 12.4. The standard InChI is InChI=1S/C15H28N4/c1-6-13-9-16-14(15(2,3)4)11-19(13)10-12-7-8-18(5)17-12/h7-8,13-14,16H,6,9-11H2,1-5H3. The van der Waals surface area contributed by atoms with Crippen molar-refractivity contribution in [3.8, 4) is 0 Å². The van der Waals surface area contributed by atoms with Gasteiger partial charge in [0.05, 0.1) is 5.69 Å². The van der Waals surface area contributed by atoms with Crippen molar-refractivity contribution in [2.45, 2.75) is 52.7 Å². The van der Waals surface area contributed by atoms with Gasteiger partial charge < -0.3 is 5.32 Å². The second-order valence-electron chi connectivity index (χ2n) is 6.80. The van der Waals surface area contributed by atoms with Crippen molar-refractivity contribution in [1.82, 2.24) is 20.0 Å². The third-order valence-electron chi connectivity index (χ3n) is 4.18.